The van der Waals surface area contributed by atoms with E-state index < -0.39 is 0 Å². The first kappa shape index (κ1) is 12.8. The summed E-state index contributed by atoms with van der Waals surface area (Å²) >= 11 is 0. The fourth-order valence-electron chi connectivity index (χ4n) is 2.79. The molecule has 0 aromatic carbocycles. The van der Waals surface area contributed by atoms with Crippen molar-refractivity contribution in [1.29, 1.82) is 0 Å². The first-order chi connectivity index (χ1) is 8.25. The van der Waals surface area contributed by atoms with E-state index in [1.165, 1.54) is 12.8 Å². The zero-order chi connectivity index (χ0) is 12.1. The van der Waals surface area contributed by atoms with Gasteiger partial charge in [0.05, 0.1) is 6.10 Å². The Balaban J connectivity index is 1.59. The van der Waals surface area contributed by atoms with E-state index in [0.717, 1.165) is 45.3 Å². The van der Waals surface area contributed by atoms with Crippen LogP contribution in [-0.2, 0) is 9.53 Å². The molecule has 3 atom stereocenters. The predicted octanol–water partition coefficient (Wildman–Crippen LogP) is 1.19. The molecule has 3 unspecified atom stereocenters. The maximum absolute atomic E-state index is 11.8. The Bertz CT molecular complexity index is 252. The first-order valence-corrected chi connectivity index (χ1v) is 6.90. The molecule has 2 rings (SSSR count). The van der Waals surface area contributed by atoms with Gasteiger partial charge in [0, 0.05) is 25.1 Å². The van der Waals surface area contributed by atoms with Crippen LogP contribution in [0, 0.1) is 5.92 Å². The van der Waals surface area contributed by atoms with Gasteiger partial charge in [-0.25, -0.2) is 0 Å². The Morgan fingerprint density at radius 3 is 2.82 bits per heavy atom. The van der Waals surface area contributed by atoms with Gasteiger partial charge in [0.15, 0.2) is 0 Å². The molecular weight excluding hydrogens is 216 g/mol. The largest absolute Gasteiger partial charge is 0.378 e. The van der Waals surface area contributed by atoms with Crippen molar-refractivity contribution in [3.05, 3.63) is 0 Å². The van der Waals surface area contributed by atoms with Gasteiger partial charge in [-0.1, -0.05) is 0 Å². The number of hydrogen-bond acceptors (Lipinski definition) is 3. The summed E-state index contributed by atoms with van der Waals surface area (Å²) in [6.07, 6.45) is 7.69. The lowest BCUT2D eigenvalue weighted by Crippen LogP contribution is -2.33. The highest BCUT2D eigenvalue weighted by atomic mass is 16.5. The summed E-state index contributed by atoms with van der Waals surface area (Å²) in [4.78, 5) is 11.8. The highest BCUT2D eigenvalue weighted by Crippen LogP contribution is 2.24. The van der Waals surface area contributed by atoms with Crippen LogP contribution in [0.25, 0.3) is 0 Å². The smallest absolute Gasteiger partial charge is 0.223 e. The van der Waals surface area contributed by atoms with Crippen LogP contribution in [0.15, 0.2) is 0 Å². The summed E-state index contributed by atoms with van der Waals surface area (Å²) in [5.41, 5.74) is 5.81. The Morgan fingerprint density at radius 1 is 1.29 bits per heavy atom. The minimum Gasteiger partial charge on any atom is -0.378 e. The molecule has 0 bridgehead atoms. The summed E-state index contributed by atoms with van der Waals surface area (Å²) in [5, 5.41) is 3.02. The summed E-state index contributed by atoms with van der Waals surface area (Å²) < 4.78 is 5.63. The van der Waals surface area contributed by atoms with Crippen molar-refractivity contribution in [2.75, 3.05) is 13.2 Å². The third-order valence-corrected chi connectivity index (χ3v) is 3.88. The average Bonchev–Trinajstić information content (AvgIpc) is 2.77. The fraction of sp³-hybridized carbons (Fsp3) is 0.923. The van der Waals surface area contributed by atoms with E-state index >= 15 is 0 Å². The van der Waals surface area contributed by atoms with Crippen LogP contribution in [-0.4, -0.2) is 31.2 Å². The SMILES string of the molecule is NC1CCC(C(=O)NCCC2CCCCO2)C1. The molecule has 1 saturated carbocycles. The zero-order valence-corrected chi connectivity index (χ0v) is 10.5. The second kappa shape index (κ2) is 6.36. The number of carbonyl (C=O) groups excluding carboxylic acids is 1. The van der Waals surface area contributed by atoms with Crippen LogP contribution in [0.2, 0.25) is 0 Å². The normalized spacial score (nSPS) is 33.6. The fourth-order valence-corrected chi connectivity index (χ4v) is 2.79. The van der Waals surface area contributed by atoms with E-state index in [4.69, 9.17) is 10.5 Å². The lowest BCUT2D eigenvalue weighted by molar-refractivity contribution is -0.125. The van der Waals surface area contributed by atoms with Crippen molar-refractivity contribution < 1.29 is 9.53 Å². The van der Waals surface area contributed by atoms with Crippen LogP contribution in [0.3, 0.4) is 0 Å². The van der Waals surface area contributed by atoms with Crippen LogP contribution < -0.4 is 11.1 Å². The Morgan fingerprint density at radius 2 is 2.18 bits per heavy atom. The first-order valence-electron chi connectivity index (χ1n) is 6.90. The number of nitrogens with one attached hydrogen (secondary N) is 1. The van der Waals surface area contributed by atoms with Crippen LogP contribution in [0.1, 0.15) is 44.9 Å². The summed E-state index contributed by atoms with van der Waals surface area (Å²) in [7, 11) is 0. The van der Waals surface area contributed by atoms with Gasteiger partial charge in [0.25, 0.3) is 0 Å². The highest BCUT2D eigenvalue weighted by molar-refractivity contribution is 5.78. The van der Waals surface area contributed by atoms with Crippen molar-refractivity contribution in [3.63, 3.8) is 0 Å². The van der Waals surface area contributed by atoms with E-state index in [1.54, 1.807) is 0 Å². The molecule has 1 aliphatic carbocycles. The van der Waals surface area contributed by atoms with Gasteiger partial charge < -0.3 is 15.8 Å². The molecule has 4 heteroatoms. The summed E-state index contributed by atoms with van der Waals surface area (Å²) in [6, 6.07) is 0.229. The van der Waals surface area contributed by atoms with E-state index in [2.05, 4.69) is 5.32 Å². The molecule has 1 amide bonds. The lowest BCUT2D eigenvalue weighted by Gasteiger charge is -2.22. The molecule has 1 heterocycles. The second-order valence-corrected chi connectivity index (χ2v) is 5.34. The molecule has 0 radical (unpaired) electrons. The van der Waals surface area contributed by atoms with E-state index in [0.29, 0.717) is 6.10 Å². The standard InChI is InChI=1S/C13H24N2O2/c14-11-5-4-10(9-11)13(16)15-7-6-12-3-1-2-8-17-12/h10-12H,1-9,14H2,(H,15,16). The van der Waals surface area contributed by atoms with Crippen LogP contribution in [0.4, 0.5) is 0 Å². The number of hydrogen-bond donors (Lipinski definition) is 2. The van der Waals surface area contributed by atoms with Crippen molar-refractivity contribution >= 4 is 5.91 Å². The van der Waals surface area contributed by atoms with Gasteiger partial charge in [-0.2, -0.15) is 0 Å². The monoisotopic (exact) mass is 240 g/mol. The molecule has 0 spiro atoms. The maximum Gasteiger partial charge on any atom is 0.223 e. The third kappa shape index (κ3) is 3.96. The number of nitrogens with two attached hydrogens (primary N) is 1. The third-order valence-electron chi connectivity index (χ3n) is 3.88. The van der Waals surface area contributed by atoms with Gasteiger partial charge in [-0.15, -0.1) is 0 Å². The molecule has 1 aliphatic heterocycles. The van der Waals surface area contributed by atoms with Gasteiger partial charge >= 0.3 is 0 Å². The molecule has 0 aromatic heterocycles. The number of ether oxygens (including phenoxy) is 1. The Kier molecular flexibility index (Phi) is 4.80. The second-order valence-electron chi connectivity index (χ2n) is 5.34. The molecule has 2 fully saturated rings. The quantitative estimate of drug-likeness (QED) is 0.776. The molecule has 3 N–H and O–H groups in total. The number of rotatable bonds is 4. The number of amides is 1. The Hall–Kier alpha value is -0.610. The summed E-state index contributed by atoms with van der Waals surface area (Å²) in [6.45, 7) is 1.63. The number of carbonyl (C=O) groups is 1. The van der Waals surface area contributed by atoms with Gasteiger partial charge in [-0.3, -0.25) is 4.79 Å². The average molecular weight is 240 g/mol. The molecule has 0 aromatic rings. The van der Waals surface area contributed by atoms with Crippen LogP contribution in [0.5, 0.6) is 0 Å². The zero-order valence-electron chi connectivity index (χ0n) is 10.5. The van der Waals surface area contributed by atoms with E-state index in [1.807, 2.05) is 0 Å². The lowest BCUT2D eigenvalue weighted by atomic mass is 10.1. The van der Waals surface area contributed by atoms with E-state index in [-0.39, 0.29) is 17.9 Å². The topological polar surface area (TPSA) is 64.4 Å². The molecule has 17 heavy (non-hydrogen) atoms. The van der Waals surface area contributed by atoms with Crippen LogP contribution >= 0.6 is 0 Å². The van der Waals surface area contributed by atoms with Crippen molar-refractivity contribution in [1.82, 2.24) is 5.32 Å². The molecule has 1 saturated heterocycles. The molecule has 98 valence electrons. The minimum atomic E-state index is 0.150. The minimum absolute atomic E-state index is 0.150. The van der Waals surface area contributed by atoms with Gasteiger partial charge in [-0.05, 0) is 44.9 Å². The predicted molar refractivity (Wildman–Crippen MR) is 66.5 cm³/mol. The molecule has 2 aliphatic rings. The molecule has 4 nitrogen and oxygen atoms in total. The van der Waals surface area contributed by atoms with Crippen molar-refractivity contribution in [2.45, 2.75) is 57.1 Å². The van der Waals surface area contributed by atoms with Gasteiger partial charge in [0.1, 0.15) is 0 Å². The summed E-state index contributed by atoms with van der Waals surface area (Å²) in [5.74, 6) is 0.339. The van der Waals surface area contributed by atoms with Crippen molar-refractivity contribution in [3.8, 4) is 0 Å². The maximum atomic E-state index is 11.8. The highest BCUT2D eigenvalue weighted by Gasteiger charge is 2.27. The van der Waals surface area contributed by atoms with Gasteiger partial charge in [0.2, 0.25) is 5.91 Å². The van der Waals surface area contributed by atoms with Crippen molar-refractivity contribution in [2.24, 2.45) is 11.7 Å². The molecular formula is C13H24N2O2. The Labute approximate surface area is 103 Å². The van der Waals surface area contributed by atoms with E-state index in [9.17, 15) is 4.79 Å².